The molecule has 2 aromatic heterocycles. The third-order valence-corrected chi connectivity index (χ3v) is 11.5. The van der Waals surface area contributed by atoms with Gasteiger partial charge in [0.2, 0.25) is 0 Å². The monoisotopic (exact) mass is 642 g/mol. The van der Waals surface area contributed by atoms with Crippen LogP contribution >= 0.6 is 11.3 Å². The van der Waals surface area contributed by atoms with Crippen molar-refractivity contribution in [1.82, 2.24) is 9.97 Å². The first kappa shape index (κ1) is 26.9. The zero-order valence-corrected chi connectivity index (χ0v) is 27.0. The average molecular weight is 643 g/mol. The van der Waals surface area contributed by atoms with Crippen molar-refractivity contribution in [3.8, 4) is 45.3 Å². The van der Waals surface area contributed by atoms with Crippen molar-refractivity contribution in [3.63, 3.8) is 0 Å². The van der Waals surface area contributed by atoms with Crippen molar-refractivity contribution < 1.29 is 4.74 Å². The van der Waals surface area contributed by atoms with E-state index in [0.717, 1.165) is 66.3 Å². The summed E-state index contributed by atoms with van der Waals surface area (Å²) >= 11 is 1.77. The Morgan fingerprint density at radius 2 is 1.20 bits per heavy atom. The summed E-state index contributed by atoms with van der Waals surface area (Å²) in [5, 5.41) is 3.52. The summed E-state index contributed by atoms with van der Waals surface area (Å²) in [6, 6.07) is 56.4. The smallest absolute Gasteiger partial charge is 0.160 e. The zero-order chi connectivity index (χ0) is 32.1. The molecule has 3 heterocycles. The van der Waals surface area contributed by atoms with Gasteiger partial charge < -0.3 is 4.74 Å². The molecule has 0 amide bonds. The van der Waals surface area contributed by atoms with Crippen LogP contribution in [-0.2, 0) is 5.41 Å². The number of hydrogen-bond donors (Lipinski definition) is 0. The van der Waals surface area contributed by atoms with E-state index < -0.39 is 5.41 Å². The number of rotatable bonds is 2. The first-order valence-electron chi connectivity index (χ1n) is 16.6. The molecule has 0 fully saturated rings. The Morgan fingerprint density at radius 3 is 2.10 bits per heavy atom. The second-order valence-corrected chi connectivity index (χ2v) is 13.9. The second-order valence-electron chi connectivity index (χ2n) is 12.9. The van der Waals surface area contributed by atoms with Crippen LogP contribution in [-0.4, -0.2) is 9.97 Å². The number of benzene rings is 7. The third kappa shape index (κ3) is 3.67. The van der Waals surface area contributed by atoms with E-state index in [9.17, 15) is 0 Å². The Labute approximate surface area is 286 Å². The minimum atomic E-state index is -0.579. The van der Waals surface area contributed by atoms with Crippen LogP contribution in [0.1, 0.15) is 22.3 Å². The number of aromatic nitrogens is 2. The molecule has 1 atom stereocenters. The van der Waals surface area contributed by atoms with Gasteiger partial charge in [0.05, 0.1) is 21.3 Å². The molecule has 3 nitrogen and oxygen atoms in total. The van der Waals surface area contributed by atoms with Gasteiger partial charge in [0.15, 0.2) is 5.82 Å². The first-order valence-corrected chi connectivity index (χ1v) is 17.4. The minimum absolute atomic E-state index is 0.579. The summed E-state index contributed by atoms with van der Waals surface area (Å²) in [6.45, 7) is 0. The summed E-state index contributed by atoms with van der Waals surface area (Å²) in [7, 11) is 0. The molecule has 1 unspecified atom stereocenters. The van der Waals surface area contributed by atoms with Crippen LogP contribution in [0.25, 0.3) is 64.8 Å². The maximum atomic E-state index is 6.75. The molecule has 7 aromatic carbocycles. The van der Waals surface area contributed by atoms with Crippen molar-refractivity contribution in [3.05, 3.63) is 180 Å². The van der Waals surface area contributed by atoms with Crippen molar-refractivity contribution in [2.75, 3.05) is 0 Å². The Morgan fingerprint density at radius 1 is 0.490 bits per heavy atom. The molecule has 2 aliphatic rings. The van der Waals surface area contributed by atoms with E-state index in [1.807, 2.05) is 6.07 Å². The fourth-order valence-corrected chi connectivity index (χ4v) is 9.39. The number of thiophene rings is 1. The van der Waals surface area contributed by atoms with Crippen LogP contribution in [0.15, 0.2) is 158 Å². The molecule has 11 rings (SSSR count). The van der Waals surface area contributed by atoms with Crippen LogP contribution in [0.4, 0.5) is 0 Å². The molecule has 9 aromatic rings. The highest BCUT2D eigenvalue weighted by atomic mass is 32.1. The second kappa shape index (κ2) is 9.96. The van der Waals surface area contributed by atoms with Gasteiger partial charge in [-0.2, -0.15) is 0 Å². The quantitative estimate of drug-likeness (QED) is 0.188. The van der Waals surface area contributed by atoms with Gasteiger partial charge in [-0.15, -0.1) is 11.3 Å². The Bertz CT molecular complexity index is 2820. The highest BCUT2D eigenvalue weighted by Gasteiger charge is 2.51. The minimum Gasteiger partial charge on any atom is -0.457 e. The van der Waals surface area contributed by atoms with Crippen molar-refractivity contribution >= 4 is 42.4 Å². The van der Waals surface area contributed by atoms with Crippen LogP contribution < -0.4 is 4.74 Å². The Balaban J connectivity index is 1.25. The van der Waals surface area contributed by atoms with Gasteiger partial charge in [-0.1, -0.05) is 127 Å². The molecule has 0 N–H and O–H groups in total. The molecule has 4 heteroatoms. The van der Waals surface area contributed by atoms with Gasteiger partial charge >= 0.3 is 0 Å². The topological polar surface area (TPSA) is 35.0 Å². The predicted molar refractivity (Wildman–Crippen MR) is 201 cm³/mol. The van der Waals surface area contributed by atoms with E-state index in [1.165, 1.54) is 32.3 Å². The molecule has 1 aliphatic carbocycles. The maximum absolute atomic E-state index is 6.75. The van der Waals surface area contributed by atoms with Gasteiger partial charge in [0, 0.05) is 32.3 Å². The summed E-state index contributed by atoms with van der Waals surface area (Å²) < 4.78 is 9.07. The lowest BCUT2D eigenvalue weighted by Gasteiger charge is -2.39. The van der Waals surface area contributed by atoms with E-state index in [1.54, 1.807) is 11.3 Å². The molecule has 0 saturated heterocycles. The fraction of sp³-hybridized carbons (Fsp3) is 0.0222. The van der Waals surface area contributed by atoms with E-state index in [-0.39, 0.29) is 0 Å². The number of nitrogens with zero attached hydrogens (tertiary/aromatic N) is 2. The molecule has 1 spiro atoms. The van der Waals surface area contributed by atoms with E-state index in [4.69, 9.17) is 14.7 Å². The predicted octanol–water partition coefficient (Wildman–Crippen LogP) is 11.8. The largest absolute Gasteiger partial charge is 0.457 e. The lowest BCUT2D eigenvalue weighted by molar-refractivity contribution is 0.437. The van der Waals surface area contributed by atoms with Gasteiger partial charge in [0.25, 0.3) is 0 Å². The molecule has 0 bridgehead atoms. The fourth-order valence-electron chi connectivity index (χ4n) is 8.24. The Hall–Kier alpha value is -6.10. The molecular weight excluding hydrogens is 617 g/mol. The molecular formula is C45H26N2OS. The first-order chi connectivity index (χ1) is 24.3. The molecule has 0 radical (unpaired) electrons. The van der Waals surface area contributed by atoms with Gasteiger partial charge in [-0.05, 0) is 63.4 Å². The zero-order valence-electron chi connectivity index (χ0n) is 26.2. The number of ether oxygens (including phenoxy) is 1. The van der Waals surface area contributed by atoms with E-state index in [2.05, 4.69) is 152 Å². The standard InChI is InChI=1S/C45H26N2OS/c1-2-12-27(13-3-1)44-46-41(43-42(47-44)33-17-7-11-21-40(33)49-43)30-22-23-32-31-16-6-8-18-34(31)45(36(32)25-30)35-19-9-10-20-38(35)48-39-26-29-15-5-4-14-28(29)24-37(39)45/h1-26H. The molecule has 49 heavy (non-hydrogen) atoms. The third-order valence-electron chi connectivity index (χ3n) is 10.3. The van der Waals surface area contributed by atoms with Crippen molar-refractivity contribution in [1.29, 1.82) is 0 Å². The average Bonchev–Trinajstić information content (AvgIpc) is 3.68. The van der Waals surface area contributed by atoms with Gasteiger partial charge in [0.1, 0.15) is 11.5 Å². The number of hydrogen-bond acceptors (Lipinski definition) is 4. The SMILES string of the molecule is c1ccc(-c2nc(-c3ccc4c(c3)C3(c5ccccc5Oc5cc6ccccc6cc53)c3ccccc3-4)c3sc4ccccc4c3n2)cc1. The van der Waals surface area contributed by atoms with Gasteiger partial charge in [-0.3, -0.25) is 0 Å². The maximum Gasteiger partial charge on any atom is 0.160 e. The van der Waals surface area contributed by atoms with Crippen LogP contribution in [0.3, 0.4) is 0 Å². The van der Waals surface area contributed by atoms with E-state index >= 15 is 0 Å². The summed E-state index contributed by atoms with van der Waals surface area (Å²) in [5.41, 5.74) is 10.8. The highest BCUT2D eigenvalue weighted by molar-refractivity contribution is 7.26. The molecule has 228 valence electrons. The number of fused-ring (bicyclic) bond motifs is 13. The Kier molecular flexibility index (Phi) is 5.47. The van der Waals surface area contributed by atoms with Crippen molar-refractivity contribution in [2.45, 2.75) is 5.41 Å². The normalized spacial score (nSPS) is 15.6. The summed E-state index contributed by atoms with van der Waals surface area (Å²) in [5.74, 6) is 2.52. The van der Waals surface area contributed by atoms with Gasteiger partial charge in [-0.25, -0.2) is 9.97 Å². The highest BCUT2D eigenvalue weighted by Crippen LogP contribution is 2.63. The number of para-hydroxylation sites is 1. The molecule has 1 aliphatic heterocycles. The van der Waals surface area contributed by atoms with E-state index in [0.29, 0.717) is 0 Å². The lowest BCUT2D eigenvalue weighted by Crippen LogP contribution is -2.32. The van der Waals surface area contributed by atoms with Crippen LogP contribution in [0.5, 0.6) is 11.5 Å². The summed E-state index contributed by atoms with van der Waals surface area (Å²) in [4.78, 5) is 10.5. The summed E-state index contributed by atoms with van der Waals surface area (Å²) in [6.07, 6.45) is 0. The lowest BCUT2D eigenvalue weighted by atomic mass is 9.65. The van der Waals surface area contributed by atoms with Crippen molar-refractivity contribution in [2.24, 2.45) is 0 Å². The van der Waals surface area contributed by atoms with Crippen LogP contribution in [0.2, 0.25) is 0 Å². The molecule has 0 saturated carbocycles. The van der Waals surface area contributed by atoms with Crippen LogP contribution in [0, 0.1) is 0 Å².